The Morgan fingerprint density at radius 3 is 2.31 bits per heavy atom. The lowest BCUT2D eigenvalue weighted by Gasteiger charge is -2.14. The van der Waals surface area contributed by atoms with Gasteiger partial charge >= 0.3 is 0 Å². The number of nitrogens with one attached hydrogen (secondary N) is 3. The second kappa shape index (κ2) is 15.1. The molecule has 2 aromatic carbocycles. The normalized spacial score (nSPS) is 11.7. The third-order valence-electron chi connectivity index (χ3n) is 4.26. The minimum atomic E-state index is -3.39. The van der Waals surface area contributed by atoms with E-state index in [9.17, 15) is 8.42 Å². The molecule has 0 radical (unpaired) electrons. The van der Waals surface area contributed by atoms with Crippen LogP contribution < -0.4 is 20.1 Å². The van der Waals surface area contributed by atoms with Gasteiger partial charge in [-0.2, -0.15) is 0 Å². The first-order valence-electron chi connectivity index (χ1n) is 10.7. The Hall–Kier alpha value is -1.85. The van der Waals surface area contributed by atoms with Crippen LogP contribution in [0.25, 0.3) is 0 Å². The number of hydrogen-bond donors (Lipinski definition) is 3. The number of sulfonamides is 1. The summed E-state index contributed by atoms with van der Waals surface area (Å²) in [7, 11) is -3.39. The molecule has 9 heteroatoms. The maximum Gasteiger partial charge on any atom is 0.216 e. The van der Waals surface area contributed by atoms with Gasteiger partial charge in [0.1, 0.15) is 5.75 Å². The van der Waals surface area contributed by atoms with Gasteiger partial charge < -0.3 is 15.4 Å². The van der Waals surface area contributed by atoms with E-state index in [1.165, 1.54) is 0 Å². The maximum atomic E-state index is 12.3. The highest BCUT2D eigenvalue weighted by Gasteiger charge is 2.15. The van der Waals surface area contributed by atoms with Gasteiger partial charge in [-0.25, -0.2) is 18.1 Å². The predicted octanol–water partition coefficient (Wildman–Crippen LogP) is 3.66. The van der Waals surface area contributed by atoms with Gasteiger partial charge in [-0.3, -0.25) is 0 Å². The Morgan fingerprint density at radius 2 is 1.66 bits per heavy atom. The number of aliphatic imine (C=N–C) groups is 1. The minimum Gasteiger partial charge on any atom is -0.494 e. The molecule has 0 saturated heterocycles. The molecule has 0 aliphatic heterocycles. The van der Waals surface area contributed by atoms with Crippen molar-refractivity contribution in [2.45, 2.75) is 45.5 Å². The third kappa shape index (κ3) is 11.1. The van der Waals surface area contributed by atoms with Gasteiger partial charge in [0, 0.05) is 19.1 Å². The highest BCUT2D eigenvalue weighted by Crippen LogP contribution is 2.14. The van der Waals surface area contributed by atoms with Gasteiger partial charge in [0.2, 0.25) is 10.0 Å². The van der Waals surface area contributed by atoms with Crippen LogP contribution in [0.4, 0.5) is 0 Å². The van der Waals surface area contributed by atoms with E-state index in [2.05, 4.69) is 20.3 Å². The molecule has 0 aliphatic rings. The van der Waals surface area contributed by atoms with Crippen molar-refractivity contribution in [1.82, 2.24) is 15.4 Å². The van der Waals surface area contributed by atoms with Gasteiger partial charge in [0.15, 0.2) is 5.96 Å². The number of ether oxygens (including phenoxy) is 1. The Balaban J connectivity index is 0.00000512. The van der Waals surface area contributed by atoms with Crippen molar-refractivity contribution >= 4 is 40.0 Å². The molecule has 2 rings (SSSR count). The highest BCUT2D eigenvalue weighted by molar-refractivity contribution is 14.0. The number of hydrogen-bond acceptors (Lipinski definition) is 4. The molecule has 7 nitrogen and oxygen atoms in total. The summed E-state index contributed by atoms with van der Waals surface area (Å²) >= 11 is 0. The lowest BCUT2D eigenvalue weighted by Crippen LogP contribution is -2.38. The molecule has 0 bridgehead atoms. The van der Waals surface area contributed by atoms with Crippen molar-refractivity contribution in [3.05, 3.63) is 65.7 Å². The quantitative estimate of drug-likeness (QED) is 0.156. The van der Waals surface area contributed by atoms with Crippen LogP contribution in [-0.2, 0) is 22.3 Å². The van der Waals surface area contributed by atoms with E-state index >= 15 is 0 Å². The molecular weight excluding hydrogens is 539 g/mol. The molecule has 2 aromatic rings. The minimum absolute atomic E-state index is 0. The zero-order valence-electron chi connectivity index (χ0n) is 19.0. The summed E-state index contributed by atoms with van der Waals surface area (Å²) < 4.78 is 33.0. The number of para-hydroxylation sites is 1. The smallest absolute Gasteiger partial charge is 0.216 e. The summed E-state index contributed by atoms with van der Waals surface area (Å²) in [5, 5.41) is 6.52. The fourth-order valence-electron chi connectivity index (χ4n) is 2.95. The zero-order valence-corrected chi connectivity index (χ0v) is 22.2. The Morgan fingerprint density at radius 1 is 1.00 bits per heavy atom. The number of benzene rings is 2. The monoisotopic (exact) mass is 574 g/mol. The fourth-order valence-corrected chi connectivity index (χ4v) is 4.44. The summed E-state index contributed by atoms with van der Waals surface area (Å²) in [6.07, 6.45) is 0.828. The summed E-state index contributed by atoms with van der Waals surface area (Å²) in [5.41, 5.74) is 1.65. The average Bonchev–Trinajstić information content (AvgIpc) is 2.72. The summed E-state index contributed by atoms with van der Waals surface area (Å²) in [5.74, 6) is 1.50. The average molecular weight is 575 g/mol. The summed E-state index contributed by atoms with van der Waals surface area (Å²) in [6.45, 7) is 8.09. The molecule has 0 amide bonds. The molecule has 0 spiro atoms. The van der Waals surface area contributed by atoms with Crippen LogP contribution in [0.5, 0.6) is 5.75 Å². The molecule has 178 valence electrons. The van der Waals surface area contributed by atoms with Gasteiger partial charge in [0.05, 0.1) is 18.9 Å². The van der Waals surface area contributed by atoms with Crippen LogP contribution in [-0.4, -0.2) is 40.1 Å². The first-order valence-corrected chi connectivity index (χ1v) is 12.3. The molecule has 0 unspecified atom stereocenters. The Bertz CT molecular complexity index is 922. The molecule has 0 fully saturated rings. The number of halogens is 1. The third-order valence-corrected chi connectivity index (χ3v) is 5.78. The van der Waals surface area contributed by atoms with Crippen molar-refractivity contribution in [2.24, 2.45) is 4.99 Å². The van der Waals surface area contributed by atoms with E-state index in [0.717, 1.165) is 29.8 Å². The number of nitrogens with zero attached hydrogens (tertiary/aromatic N) is 1. The molecule has 0 aliphatic carbocycles. The zero-order chi connectivity index (χ0) is 22.5. The number of guanidine groups is 1. The second-order valence-electron chi connectivity index (χ2n) is 7.44. The predicted molar refractivity (Wildman–Crippen MR) is 142 cm³/mol. The van der Waals surface area contributed by atoms with Crippen LogP contribution in [0.2, 0.25) is 0 Å². The molecule has 3 N–H and O–H groups in total. The molecule has 32 heavy (non-hydrogen) atoms. The maximum absolute atomic E-state index is 12.3. The van der Waals surface area contributed by atoms with E-state index in [1.807, 2.05) is 75.4 Å². The SMILES string of the molecule is CCNC(=NCc1ccccc1CS(=O)(=O)NC(C)C)NCCCOc1ccccc1.I. The van der Waals surface area contributed by atoms with Crippen LogP contribution >= 0.6 is 24.0 Å². The van der Waals surface area contributed by atoms with Crippen molar-refractivity contribution in [3.8, 4) is 5.75 Å². The molecule has 0 aromatic heterocycles. The Labute approximate surface area is 209 Å². The molecule has 0 heterocycles. The Kier molecular flexibility index (Phi) is 13.3. The molecule has 0 atom stereocenters. The van der Waals surface area contributed by atoms with E-state index in [0.29, 0.717) is 25.7 Å². The van der Waals surface area contributed by atoms with E-state index in [-0.39, 0.29) is 35.8 Å². The van der Waals surface area contributed by atoms with Gasteiger partial charge in [-0.15, -0.1) is 24.0 Å². The second-order valence-corrected chi connectivity index (χ2v) is 9.19. The van der Waals surface area contributed by atoms with Crippen molar-refractivity contribution in [1.29, 1.82) is 0 Å². The first kappa shape index (κ1) is 28.2. The van der Waals surface area contributed by atoms with Crippen LogP contribution in [0, 0.1) is 0 Å². The van der Waals surface area contributed by atoms with E-state index in [1.54, 1.807) is 0 Å². The summed E-state index contributed by atoms with van der Waals surface area (Å²) in [4.78, 5) is 4.63. The largest absolute Gasteiger partial charge is 0.494 e. The van der Waals surface area contributed by atoms with Gasteiger partial charge in [0.25, 0.3) is 0 Å². The van der Waals surface area contributed by atoms with Gasteiger partial charge in [-0.1, -0.05) is 42.5 Å². The topological polar surface area (TPSA) is 91.8 Å². The first-order chi connectivity index (χ1) is 14.9. The standard InChI is InChI=1S/C23H34N4O3S.HI/c1-4-24-23(25-15-10-16-30-22-13-6-5-7-14-22)26-17-20-11-8-9-12-21(20)18-31(28,29)27-19(2)3;/h5-9,11-14,19,27H,4,10,15-18H2,1-3H3,(H2,24,25,26);1H. The summed E-state index contributed by atoms with van der Waals surface area (Å²) in [6, 6.07) is 17.1. The molecule has 0 saturated carbocycles. The lowest BCUT2D eigenvalue weighted by atomic mass is 10.1. The fraction of sp³-hybridized carbons (Fsp3) is 0.435. The van der Waals surface area contributed by atoms with Crippen LogP contribution in [0.1, 0.15) is 38.3 Å². The van der Waals surface area contributed by atoms with Gasteiger partial charge in [-0.05, 0) is 50.5 Å². The van der Waals surface area contributed by atoms with Crippen molar-refractivity contribution in [3.63, 3.8) is 0 Å². The number of rotatable bonds is 12. The van der Waals surface area contributed by atoms with Crippen LogP contribution in [0.15, 0.2) is 59.6 Å². The lowest BCUT2D eigenvalue weighted by molar-refractivity contribution is 0.311. The van der Waals surface area contributed by atoms with Crippen molar-refractivity contribution < 1.29 is 13.2 Å². The van der Waals surface area contributed by atoms with E-state index < -0.39 is 10.0 Å². The van der Waals surface area contributed by atoms with Crippen molar-refractivity contribution in [2.75, 3.05) is 19.7 Å². The van der Waals surface area contributed by atoms with E-state index in [4.69, 9.17) is 4.74 Å². The highest BCUT2D eigenvalue weighted by atomic mass is 127. The molecular formula is C23H35IN4O3S. The van der Waals surface area contributed by atoms with Crippen LogP contribution in [0.3, 0.4) is 0 Å².